The van der Waals surface area contributed by atoms with Crippen LogP contribution in [0.3, 0.4) is 0 Å². The van der Waals surface area contributed by atoms with E-state index >= 15 is 0 Å². The van der Waals surface area contributed by atoms with E-state index in [4.69, 9.17) is 0 Å². The first-order chi connectivity index (χ1) is 11.5. The van der Waals surface area contributed by atoms with Gasteiger partial charge in [0.2, 0.25) is 5.92 Å². The molecule has 0 heterocycles. The highest BCUT2D eigenvalue weighted by atomic mass is 19.3. The second kappa shape index (κ2) is 7.23. The molecule has 0 amide bonds. The molecule has 4 fully saturated rings. The van der Waals surface area contributed by atoms with Crippen LogP contribution in [0.4, 0.5) is 8.78 Å². The molecule has 7 atom stereocenters. The van der Waals surface area contributed by atoms with Gasteiger partial charge in [-0.2, -0.15) is 0 Å². The zero-order chi connectivity index (χ0) is 17.5. The maximum atomic E-state index is 13.8. The van der Waals surface area contributed by atoms with Crippen LogP contribution in [-0.4, -0.2) is 5.92 Å². The third-order valence-corrected chi connectivity index (χ3v) is 8.15. The summed E-state index contributed by atoms with van der Waals surface area (Å²) in [7, 11) is 0. The largest absolute Gasteiger partial charge is 0.248 e. The summed E-state index contributed by atoms with van der Waals surface area (Å²) >= 11 is 0. The van der Waals surface area contributed by atoms with Gasteiger partial charge in [0.05, 0.1) is 0 Å². The van der Waals surface area contributed by atoms with Crippen molar-refractivity contribution in [3.8, 4) is 0 Å². The molecule has 0 aromatic heterocycles. The standard InChI is InChI=1S/C20H32F2.C2H6/c1-12(2)14-5-6-19-16(14)7-8-17-15-9-10-20(21,22)11-13(15)3-4-18(17)19;1-2/h12-19H,3-11H2,1-2H3;1-2H3/t13-,14?,15?,16?,17+,18?,19+;/m0./s1. The van der Waals surface area contributed by atoms with Crippen LogP contribution in [0.25, 0.3) is 0 Å². The molecule has 4 saturated carbocycles. The van der Waals surface area contributed by atoms with Crippen molar-refractivity contribution in [2.75, 3.05) is 0 Å². The minimum Gasteiger partial charge on any atom is -0.207 e. The van der Waals surface area contributed by atoms with Crippen LogP contribution in [0.2, 0.25) is 0 Å². The first-order valence-corrected chi connectivity index (χ1v) is 10.8. The van der Waals surface area contributed by atoms with Gasteiger partial charge in [0.15, 0.2) is 0 Å². The second-order valence-corrected chi connectivity index (χ2v) is 9.32. The zero-order valence-electron chi connectivity index (χ0n) is 16.2. The molecular formula is C22H38F2. The van der Waals surface area contributed by atoms with Crippen LogP contribution in [0.5, 0.6) is 0 Å². The molecule has 0 aromatic rings. The van der Waals surface area contributed by atoms with Crippen molar-refractivity contribution in [1.29, 1.82) is 0 Å². The van der Waals surface area contributed by atoms with Crippen molar-refractivity contribution < 1.29 is 8.78 Å². The Kier molecular flexibility index (Phi) is 5.62. The van der Waals surface area contributed by atoms with Crippen LogP contribution in [0, 0.1) is 47.3 Å². The Morgan fingerprint density at radius 3 is 1.96 bits per heavy atom. The van der Waals surface area contributed by atoms with Gasteiger partial charge in [0.1, 0.15) is 0 Å². The van der Waals surface area contributed by atoms with Crippen molar-refractivity contribution in [3.05, 3.63) is 0 Å². The molecular weight excluding hydrogens is 302 g/mol. The van der Waals surface area contributed by atoms with E-state index in [0.29, 0.717) is 11.8 Å². The van der Waals surface area contributed by atoms with Crippen LogP contribution >= 0.6 is 0 Å². The molecule has 0 radical (unpaired) electrons. The molecule has 0 N–H and O–H groups in total. The van der Waals surface area contributed by atoms with E-state index in [9.17, 15) is 8.78 Å². The summed E-state index contributed by atoms with van der Waals surface area (Å²) in [4.78, 5) is 0. The van der Waals surface area contributed by atoms with Gasteiger partial charge in [-0.3, -0.25) is 0 Å². The fourth-order valence-electron chi connectivity index (χ4n) is 7.33. The normalized spacial score (nSPS) is 46.4. The number of fused-ring (bicyclic) bond motifs is 5. The number of alkyl halides is 2. The van der Waals surface area contributed by atoms with E-state index in [-0.39, 0.29) is 12.8 Å². The Morgan fingerprint density at radius 1 is 0.708 bits per heavy atom. The zero-order valence-corrected chi connectivity index (χ0v) is 16.2. The summed E-state index contributed by atoms with van der Waals surface area (Å²) in [5, 5.41) is 0. The molecule has 0 nitrogen and oxygen atoms in total. The molecule has 0 aromatic carbocycles. The highest BCUT2D eigenvalue weighted by molar-refractivity contribution is 5.02. The maximum Gasteiger partial charge on any atom is 0.248 e. The summed E-state index contributed by atoms with van der Waals surface area (Å²) < 4.78 is 27.5. The third-order valence-electron chi connectivity index (χ3n) is 8.15. The SMILES string of the molecule is CC.CC(C)C1CC[C@@H]2C1CC[C@@H]1C3CCC(F)(F)C[C@@H]3CCC21. The van der Waals surface area contributed by atoms with Gasteiger partial charge in [0, 0.05) is 12.8 Å². The lowest BCUT2D eigenvalue weighted by molar-refractivity contribution is -0.112. The monoisotopic (exact) mass is 340 g/mol. The molecule has 0 spiro atoms. The van der Waals surface area contributed by atoms with Crippen LogP contribution in [0.1, 0.15) is 85.5 Å². The van der Waals surface area contributed by atoms with Crippen LogP contribution in [0.15, 0.2) is 0 Å². The summed E-state index contributed by atoms with van der Waals surface area (Å²) in [5.74, 6) is 3.97. The van der Waals surface area contributed by atoms with Crippen LogP contribution in [-0.2, 0) is 0 Å². The van der Waals surface area contributed by atoms with Gasteiger partial charge >= 0.3 is 0 Å². The Labute approximate surface area is 148 Å². The number of halogens is 2. The van der Waals surface area contributed by atoms with Gasteiger partial charge in [-0.1, -0.05) is 27.7 Å². The summed E-state index contributed by atoms with van der Waals surface area (Å²) in [6.07, 6.45) is 9.14. The molecule has 140 valence electrons. The first kappa shape index (κ1) is 18.6. The second-order valence-electron chi connectivity index (χ2n) is 9.32. The summed E-state index contributed by atoms with van der Waals surface area (Å²) in [5.41, 5.74) is 0. The topological polar surface area (TPSA) is 0 Å². The van der Waals surface area contributed by atoms with Crippen molar-refractivity contribution in [2.24, 2.45) is 47.3 Å². The molecule has 2 heteroatoms. The predicted molar refractivity (Wildman–Crippen MR) is 97.1 cm³/mol. The first-order valence-electron chi connectivity index (χ1n) is 10.8. The lowest BCUT2D eigenvalue weighted by Crippen LogP contribution is -2.47. The number of hydrogen-bond acceptors (Lipinski definition) is 0. The lowest BCUT2D eigenvalue weighted by atomic mass is 9.53. The average molecular weight is 341 g/mol. The smallest absolute Gasteiger partial charge is 0.207 e. The molecule has 0 bridgehead atoms. The van der Waals surface area contributed by atoms with Crippen LogP contribution < -0.4 is 0 Å². The number of hydrogen-bond donors (Lipinski definition) is 0. The summed E-state index contributed by atoms with van der Waals surface area (Å²) in [6, 6.07) is 0. The van der Waals surface area contributed by atoms with Gasteiger partial charge in [-0.25, -0.2) is 8.78 Å². The highest BCUT2D eigenvalue weighted by Crippen LogP contribution is 2.61. The molecule has 24 heavy (non-hydrogen) atoms. The fourth-order valence-corrected chi connectivity index (χ4v) is 7.33. The van der Waals surface area contributed by atoms with E-state index in [2.05, 4.69) is 13.8 Å². The van der Waals surface area contributed by atoms with Crippen molar-refractivity contribution in [1.82, 2.24) is 0 Å². The molecule has 4 aliphatic carbocycles. The molecule has 4 unspecified atom stereocenters. The van der Waals surface area contributed by atoms with Gasteiger partial charge in [-0.15, -0.1) is 0 Å². The molecule has 0 saturated heterocycles. The Bertz CT molecular complexity index is 414. The average Bonchev–Trinajstić information content (AvgIpc) is 2.99. The predicted octanol–water partition coefficient (Wildman–Crippen LogP) is 7.18. The van der Waals surface area contributed by atoms with Crippen molar-refractivity contribution in [2.45, 2.75) is 91.4 Å². The molecule has 0 aliphatic heterocycles. The lowest BCUT2D eigenvalue weighted by Gasteiger charge is -2.53. The van der Waals surface area contributed by atoms with E-state index in [0.717, 1.165) is 48.3 Å². The van der Waals surface area contributed by atoms with Gasteiger partial charge in [-0.05, 0) is 92.3 Å². The molecule has 4 aliphatic rings. The van der Waals surface area contributed by atoms with Gasteiger partial charge < -0.3 is 0 Å². The Balaban J connectivity index is 0.000000815. The van der Waals surface area contributed by atoms with E-state index in [1.54, 1.807) is 0 Å². The Morgan fingerprint density at radius 2 is 1.25 bits per heavy atom. The quantitative estimate of drug-likeness (QED) is 0.474. The van der Waals surface area contributed by atoms with Gasteiger partial charge in [0.25, 0.3) is 0 Å². The third kappa shape index (κ3) is 3.28. The fraction of sp³-hybridized carbons (Fsp3) is 1.00. The van der Waals surface area contributed by atoms with E-state index in [1.165, 1.54) is 32.1 Å². The molecule has 4 rings (SSSR count). The van der Waals surface area contributed by atoms with E-state index in [1.807, 2.05) is 13.8 Å². The van der Waals surface area contributed by atoms with Crippen molar-refractivity contribution in [3.63, 3.8) is 0 Å². The summed E-state index contributed by atoms with van der Waals surface area (Å²) in [6.45, 7) is 8.80. The minimum absolute atomic E-state index is 0.167. The number of rotatable bonds is 1. The minimum atomic E-state index is -2.36. The maximum absolute atomic E-state index is 13.8. The van der Waals surface area contributed by atoms with E-state index < -0.39 is 5.92 Å². The highest BCUT2D eigenvalue weighted by Gasteiger charge is 2.53. The van der Waals surface area contributed by atoms with Crippen molar-refractivity contribution >= 4 is 0 Å². The Hall–Kier alpha value is -0.140.